The molecular formula is C16H16N2O5S. The topological polar surface area (TPSA) is 99.2 Å². The smallest absolute Gasteiger partial charge is 0.387 e. The van der Waals surface area contributed by atoms with Gasteiger partial charge in [0.25, 0.3) is 5.89 Å². The molecule has 2 heterocycles. The molecule has 0 saturated heterocycles. The van der Waals surface area contributed by atoms with E-state index in [9.17, 15) is 19.2 Å². The third-order valence-corrected chi connectivity index (χ3v) is 4.77. The van der Waals surface area contributed by atoms with Crippen molar-refractivity contribution in [2.24, 2.45) is 11.3 Å². The molecule has 1 aliphatic carbocycles. The molecule has 0 amide bonds. The van der Waals surface area contributed by atoms with E-state index in [2.05, 4.69) is 5.10 Å². The molecule has 0 aliphatic heterocycles. The van der Waals surface area contributed by atoms with Crippen LogP contribution >= 0.6 is 11.3 Å². The maximum Gasteiger partial charge on any atom is 0.437 e. The number of ketones is 3. The van der Waals surface area contributed by atoms with Gasteiger partial charge in [0.1, 0.15) is 12.5 Å². The summed E-state index contributed by atoms with van der Waals surface area (Å²) in [6.45, 7) is 3.19. The zero-order valence-electron chi connectivity index (χ0n) is 13.3. The molecule has 0 unspecified atom stereocenters. The maximum absolute atomic E-state index is 12.4. The average molecular weight is 348 g/mol. The number of rotatable bonds is 4. The number of carbonyl (C=O) groups is 3. The average Bonchev–Trinajstić information content (AvgIpc) is 3.07. The minimum absolute atomic E-state index is 0.116. The summed E-state index contributed by atoms with van der Waals surface area (Å²) in [4.78, 5) is 49.2. The lowest BCUT2D eigenvalue weighted by molar-refractivity contribution is -0.145. The van der Waals surface area contributed by atoms with Crippen LogP contribution in [0.1, 0.15) is 26.7 Å². The summed E-state index contributed by atoms with van der Waals surface area (Å²) in [6, 6.07) is 3.52. The first-order valence-electron chi connectivity index (χ1n) is 7.47. The summed E-state index contributed by atoms with van der Waals surface area (Å²) in [5, 5.41) is 5.78. The molecular weight excluding hydrogens is 332 g/mol. The summed E-state index contributed by atoms with van der Waals surface area (Å²) in [6.07, 6.45) is 0.340. The first-order valence-corrected chi connectivity index (χ1v) is 8.35. The van der Waals surface area contributed by atoms with Crippen molar-refractivity contribution < 1.29 is 18.8 Å². The SMILES string of the molecule is CC1(C)CC(=O)C(C(=O)Cn2nc(-c3cccs3)oc2=O)C(=O)C1. The fraction of sp³-hybridized carbons (Fsp3) is 0.438. The number of carbonyl (C=O) groups excluding carboxylic acids is 3. The van der Waals surface area contributed by atoms with Crippen molar-refractivity contribution in [3.63, 3.8) is 0 Å². The van der Waals surface area contributed by atoms with E-state index in [1.165, 1.54) is 11.3 Å². The van der Waals surface area contributed by atoms with E-state index in [1.807, 2.05) is 13.8 Å². The van der Waals surface area contributed by atoms with Crippen molar-refractivity contribution in [1.82, 2.24) is 9.78 Å². The fourth-order valence-corrected chi connectivity index (χ4v) is 3.54. The Hall–Kier alpha value is -2.35. The van der Waals surface area contributed by atoms with Crippen molar-refractivity contribution in [3.8, 4) is 10.8 Å². The summed E-state index contributed by atoms with van der Waals surface area (Å²) in [7, 11) is 0. The Kier molecular flexibility index (Phi) is 4.08. The normalized spacial score (nSPS) is 18.1. The molecule has 7 nitrogen and oxygen atoms in total. The van der Waals surface area contributed by atoms with Crippen LogP contribution in [0, 0.1) is 11.3 Å². The van der Waals surface area contributed by atoms with Crippen molar-refractivity contribution >= 4 is 28.7 Å². The van der Waals surface area contributed by atoms with Gasteiger partial charge in [0.05, 0.1) is 4.88 Å². The minimum atomic E-state index is -1.30. The minimum Gasteiger partial charge on any atom is -0.387 e. The number of hydrogen-bond acceptors (Lipinski definition) is 7. The first kappa shape index (κ1) is 16.5. The maximum atomic E-state index is 12.4. The molecule has 0 atom stereocenters. The molecule has 8 heteroatoms. The van der Waals surface area contributed by atoms with Crippen molar-refractivity contribution in [2.45, 2.75) is 33.2 Å². The lowest BCUT2D eigenvalue weighted by atomic mass is 9.70. The molecule has 2 aromatic heterocycles. The van der Waals surface area contributed by atoms with Gasteiger partial charge in [-0.3, -0.25) is 14.4 Å². The molecule has 1 fully saturated rings. The van der Waals surface area contributed by atoms with Crippen LogP contribution in [0.2, 0.25) is 0 Å². The third kappa shape index (κ3) is 3.14. The zero-order valence-corrected chi connectivity index (χ0v) is 14.1. The molecule has 2 aromatic rings. The van der Waals surface area contributed by atoms with E-state index in [0.717, 1.165) is 4.68 Å². The van der Waals surface area contributed by atoms with E-state index in [1.54, 1.807) is 17.5 Å². The molecule has 3 rings (SSSR count). The summed E-state index contributed by atoms with van der Waals surface area (Å²) in [5.74, 6) is -3.37. The summed E-state index contributed by atoms with van der Waals surface area (Å²) < 4.78 is 5.88. The van der Waals surface area contributed by atoms with Crippen LogP contribution in [0.25, 0.3) is 10.8 Å². The van der Waals surface area contributed by atoms with Crippen molar-refractivity contribution in [1.29, 1.82) is 0 Å². The van der Waals surface area contributed by atoms with Gasteiger partial charge in [-0.15, -0.1) is 16.4 Å². The molecule has 1 aliphatic rings. The number of Topliss-reactive ketones (excluding diaryl/α,β-unsaturated/α-hetero) is 3. The number of nitrogens with zero attached hydrogens (tertiary/aromatic N) is 2. The van der Waals surface area contributed by atoms with Gasteiger partial charge < -0.3 is 4.42 Å². The standard InChI is InChI=1S/C16H16N2O5S/c1-16(2)6-9(19)13(10(20)7-16)11(21)8-18-15(22)23-14(17-18)12-4-3-5-24-12/h3-5,13H,6-8H2,1-2H3. The van der Waals surface area contributed by atoms with Crippen LogP contribution in [0.15, 0.2) is 26.7 Å². The van der Waals surface area contributed by atoms with E-state index in [4.69, 9.17) is 4.42 Å². The second-order valence-corrected chi connectivity index (χ2v) is 7.61. The lowest BCUT2D eigenvalue weighted by Gasteiger charge is -2.31. The van der Waals surface area contributed by atoms with Gasteiger partial charge in [0, 0.05) is 12.8 Å². The lowest BCUT2D eigenvalue weighted by Crippen LogP contribution is -2.43. The van der Waals surface area contributed by atoms with Crippen LogP contribution in [0.5, 0.6) is 0 Å². The predicted molar refractivity (Wildman–Crippen MR) is 85.6 cm³/mol. The Morgan fingerprint density at radius 3 is 2.58 bits per heavy atom. The highest BCUT2D eigenvalue weighted by Gasteiger charge is 2.43. The zero-order chi connectivity index (χ0) is 17.5. The van der Waals surface area contributed by atoms with E-state index in [-0.39, 0.29) is 18.7 Å². The predicted octanol–water partition coefficient (Wildman–Crippen LogP) is 1.71. The van der Waals surface area contributed by atoms with E-state index >= 15 is 0 Å². The quantitative estimate of drug-likeness (QED) is 0.780. The van der Waals surface area contributed by atoms with Crippen LogP contribution in [0.4, 0.5) is 0 Å². The van der Waals surface area contributed by atoms with Crippen LogP contribution in [-0.2, 0) is 20.9 Å². The molecule has 0 N–H and O–H groups in total. The van der Waals surface area contributed by atoms with Crippen molar-refractivity contribution in [2.75, 3.05) is 0 Å². The Labute approximate surface area is 141 Å². The second-order valence-electron chi connectivity index (χ2n) is 6.66. The van der Waals surface area contributed by atoms with Gasteiger partial charge >= 0.3 is 5.76 Å². The number of hydrogen-bond donors (Lipinski definition) is 0. The van der Waals surface area contributed by atoms with Gasteiger partial charge in [-0.1, -0.05) is 19.9 Å². The Bertz CT molecular complexity index is 839. The van der Waals surface area contributed by atoms with Crippen molar-refractivity contribution in [3.05, 3.63) is 28.1 Å². The molecule has 126 valence electrons. The molecule has 0 radical (unpaired) electrons. The second kappa shape index (κ2) is 5.94. The highest BCUT2D eigenvalue weighted by atomic mass is 32.1. The monoisotopic (exact) mass is 348 g/mol. The van der Waals surface area contributed by atoms with E-state index in [0.29, 0.717) is 4.88 Å². The molecule has 1 saturated carbocycles. The van der Waals surface area contributed by atoms with Gasteiger partial charge in [-0.25, -0.2) is 4.79 Å². The Balaban J connectivity index is 1.79. The molecule has 24 heavy (non-hydrogen) atoms. The fourth-order valence-electron chi connectivity index (χ4n) is 2.89. The molecule has 0 bridgehead atoms. The Morgan fingerprint density at radius 1 is 1.33 bits per heavy atom. The van der Waals surface area contributed by atoms with Gasteiger partial charge in [-0.05, 0) is 16.9 Å². The third-order valence-electron chi connectivity index (χ3n) is 3.92. The van der Waals surface area contributed by atoms with Crippen LogP contribution in [0.3, 0.4) is 0 Å². The van der Waals surface area contributed by atoms with Gasteiger partial charge in [-0.2, -0.15) is 4.68 Å². The number of aromatic nitrogens is 2. The highest BCUT2D eigenvalue weighted by Crippen LogP contribution is 2.34. The van der Waals surface area contributed by atoms with Gasteiger partial charge in [0.15, 0.2) is 17.3 Å². The van der Waals surface area contributed by atoms with Crippen LogP contribution in [-0.4, -0.2) is 27.1 Å². The molecule has 0 aromatic carbocycles. The molecule has 0 spiro atoms. The highest BCUT2D eigenvalue weighted by molar-refractivity contribution is 7.13. The van der Waals surface area contributed by atoms with Crippen LogP contribution < -0.4 is 5.76 Å². The largest absolute Gasteiger partial charge is 0.437 e. The summed E-state index contributed by atoms with van der Waals surface area (Å²) in [5.41, 5.74) is -0.429. The first-order chi connectivity index (χ1) is 11.3. The van der Waals surface area contributed by atoms with Gasteiger partial charge in [0.2, 0.25) is 0 Å². The Morgan fingerprint density at radius 2 is 2.00 bits per heavy atom. The number of thiophene rings is 1. The summed E-state index contributed by atoms with van der Waals surface area (Å²) >= 11 is 1.34. The van der Waals surface area contributed by atoms with E-state index < -0.39 is 41.0 Å².